The fourth-order valence-corrected chi connectivity index (χ4v) is 8.31. The Kier molecular flexibility index (Phi) is 5.86. The van der Waals surface area contributed by atoms with E-state index in [1.807, 2.05) is 0 Å². The monoisotopic (exact) mass is 388 g/mol. The topological polar surface area (TPSA) is 32.3 Å². The van der Waals surface area contributed by atoms with Crippen molar-refractivity contribution in [2.75, 3.05) is 13.6 Å². The third-order valence-corrected chi connectivity index (χ3v) is 9.98. The van der Waals surface area contributed by atoms with E-state index in [9.17, 15) is 4.79 Å². The number of fused-ring (bicyclic) bond motifs is 5. The number of unbranched alkanes of at least 4 members (excludes halogenated alkanes) is 3. The number of hydrogen-bond acceptors (Lipinski definition) is 2. The van der Waals surface area contributed by atoms with Gasteiger partial charge in [-0.2, -0.15) is 0 Å². The number of rotatable bonds is 6. The van der Waals surface area contributed by atoms with Gasteiger partial charge < -0.3 is 10.2 Å². The van der Waals surface area contributed by atoms with Crippen molar-refractivity contribution in [3.05, 3.63) is 0 Å². The molecule has 1 N–H and O–H groups in total. The van der Waals surface area contributed by atoms with E-state index < -0.39 is 0 Å². The molecule has 3 heteroatoms. The molecule has 7 atom stereocenters. The van der Waals surface area contributed by atoms with Crippen LogP contribution in [0.1, 0.15) is 97.8 Å². The molecule has 1 heterocycles. The molecular weight excluding hydrogens is 344 g/mol. The summed E-state index contributed by atoms with van der Waals surface area (Å²) in [6.07, 6.45) is 15.5. The number of carbonyl (C=O) groups excluding carboxylic acids is 1. The van der Waals surface area contributed by atoms with Crippen LogP contribution in [-0.2, 0) is 4.79 Å². The molecular formula is C25H44N2O. The SMILES string of the molecule is CCCCCCN[C@H]1CC[C@H]2[C@@H]3CC[C@H]4N(C)C(=O)CC[C@]4(C)[C@H]3CC[C@]12C. The van der Waals surface area contributed by atoms with Crippen LogP contribution in [0.5, 0.6) is 0 Å². The van der Waals surface area contributed by atoms with Crippen molar-refractivity contribution in [3.63, 3.8) is 0 Å². The van der Waals surface area contributed by atoms with Crippen molar-refractivity contribution in [2.45, 2.75) is 110 Å². The smallest absolute Gasteiger partial charge is 0.222 e. The highest BCUT2D eigenvalue weighted by Gasteiger charge is 2.60. The summed E-state index contributed by atoms with van der Waals surface area (Å²) in [5, 5.41) is 4.00. The molecule has 0 aromatic carbocycles. The summed E-state index contributed by atoms with van der Waals surface area (Å²) in [6.45, 7) is 8.67. The predicted molar refractivity (Wildman–Crippen MR) is 116 cm³/mol. The van der Waals surface area contributed by atoms with Crippen LogP contribution in [0.25, 0.3) is 0 Å². The summed E-state index contributed by atoms with van der Waals surface area (Å²) in [5.41, 5.74) is 0.865. The molecule has 4 aliphatic rings. The number of amides is 1. The van der Waals surface area contributed by atoms with Crippen LogP contribution in [-0.4, -0.2) is 36.5 Å². The highest BCUT2D eigenvalue weighted by molar-refractivity contribution is 5.77. The van der Waals surface area contributed by atoms with Gasteiger partial charge in [0.15, 0.2) is 0 Å². The molecule has 1 amide bonds. The fourth-order valence-electron chi connectivity index (χ4n) is 8.31. The van der Waals surface area contributed by atoms with Crippen LogP contribution in [0.3, 0.4) is 0 Å². The molecule has 0 aromatic heterocycles. The van der Waals surface area contributed by atoms with Crippen LogP contribution < -0.4 is 5.32 Å². The quantitative estimate of drug-likeness (QED) is 0.619. The summed E-state index contributed by atoms with van der Waals surface area (Å²) in [4.78, 5) is 14.4. The molecule has 4 fully saturated rings. The van der Waals surface area contributed by atoms with Gasteiger partial charge in [0.25, 0.3) is 0 Å². The minimum Gasteiger partial charge on any atom is -0.342 e. The standard InChI is InChI=1S/C25H44N2O/c1-5-6-7-8-17-26-21-11-10-19-18-9-12-22-25(3,16-14-23(28)27(22)4)20(18)13-15-24(19,21)2/h18-22,26H,5-17H2,1-4H3/t18-,19-,20-,21-,22+,24-,25+/m0/s1. The molecule has 160 valence electrons. The lowest BCUT2D eigenvalue weighted by Crippen LogP contribution is -2.61. The Morgan fingerprint density at radius 2 is 1.75 bits per heavy atom. The fraction of sp³-hybridized carbons (Fsp3) is 0.960. The van der Waals surface area contributed by atoms with Crippen molar-refractivity contribution in [2.24, 2.45) is 28.6 Å². The molecule has 0 aromatic rings. The van der Waals surface area contributed by atoms with Crippen molar-refractivity contribution in [3.8, 4) is 0 Å². The second-order valence-electron chi connectivity index (χ2n) is 11.2. The van der Waals surface area contributed by atoms with E-state index in [1.54, 1.807) is 0 Å². The number of piperidine rings is 1. The zero-order valence-electron chi connectivity index (χ0n) is 18.9. The van der Waals surface area contributed by atoms with E-state index in [-0.39, 0.29) is 0 Å². The average Bonchev–Trinajstić information content (AvgIpc) is 3.01. The average molecular weight is 389 g/mol. The van der Waals surface area contributed by atoms with Gasteiger partial charge in [-0.05, 0) is 86.5 Å². The Bertz CT molecular complexity index is 577. The Balaban J connectivity index is 1.44. The molecule has 28 heavy (non-hydrogen) atoms. The lowest BCUT2D eigenvalue weighted by atomic mass is 9.47. The normalized spacial score (nSPS) is 45.5. The summed E-state index contributed by atoms with van der Waals surface area (Å²) in [7, 11) is 2.08. The number of nitrogens with one attached hydrogen (secondary N) is 1. The van der Waals surface area contributed by atoms with Gasteiger partial charge in [-0.15, -0.1) is 0 Å². The predicted octanol–water partition coefficient (Wildman–Crippen LogP) is 5.39. The van der Waals surface area contributed by atoms with Gasteiger partial charge in [0, 0.05) is 25.6 Å². The summed E-state index contributed by atoms with van der Waals surface area (Å²) < 4.78 is 0. The first-order valence-corrected chi connectivity index (χ1v) is 12.4. The molecule has 4 rings (SSSR count). The highest BCUT2D eigenvalue weighted by Crippen LogP contribution is 2.64. The van der Waals surface area contributed by atoms with Crippen molar-refractivity contribution >= 4 is 5.91 Å². The van der Waals surface area contributed by atoms with E-state index in [4.69, 9.17) is 0 Å². The van der Waals surface area contributed by atoms with Crippen molar-refractivity contribution in [1.82, 2.24) is 10.2 Å². The van der Waals surface area contributed by atoms with Gasteiger partial charge >= 0.3 is 0 Å². The van der Waals surface area contributed by atoms with Gasteiger partial charge in [-0.25, -0.2) is 0 Å². The maximum absolute atomic E-state index is 12.3. The van der Waals surface area contributed by atoms with E-state index in [2.05, 4.69) is 38.0 Å². The van der Waals surface area contributed by atoms with Gasteiger partial charge in [0.1, 0.15) is 0 Å². The highest BCUT2D eigenvalue weighted by atomic mass is 16.2. The Hall–Kier alpha value is -0.570. The first-order chi connectivity index (χ1) is 13.4. The van der Waals surface area contributed by atoms with Crippen LogP contribution in [0, 0.1) is 28.6 Å². The van der Waals surface area contributed by atoms with Crippen molar-refractivity contribution < 1.29 is 4.79 Å². The summed E-state index contributed by atoms with van der Waals surface area (Å²) in [5.74, 6) is 3.02. The first-order valence-electron chi connectivity index (χ1n) is 12.4. The lowest BCUT2D eigenvalue weighted by molar-refractivity contribution is -0.157. The maximum atomic E-state index is 12.3. The summed E-state index contributed by atoms with van der Waals surface area (Å²) >= 11 is 0. The van der Waals surface area contributed by atoms with Crippen LogP contribution in [0.15, 0.2) is 0 Å². The Labute approximate surface area is 173 Å². The largest absolute Gasteiger partial charge is 0.342 e. The zero-order valence-corrected chi connectivity index (χ0v) is 18.9. The van der Waals surface area contributed by atoms with Crippen molar-refractivity contribution in [1.29, 1.82) is 0 Å². The number of hydrogen-bond donors (Lipinski definition) is 1. The third-order valence-electron chi connectivity index (χ3n) is 9.98. The molecule has 1 aliphatic heterocycles. The van der Waals surface area contributed by atoms with Crippen LogP contribution in [0.4, 0.5) is 0 Å². The minimum absolute atomic E-state index is 0.360. The summed E-state index contributed by atoms with van der Waals surface area (Å²) in [6, 6.07) is 1.23. The molecule has 0 bridgehead atoms. The minimum atomic E-state index is 0.360. The van der Waals surface area contributed by atoms with Gasteiger partial charge in [-0.3, -0.25) is 4.79 Å². The van der Waals surface area contributed by atoms with Gasteiger partial charge in [0.05, 0.1) is 0 Å². The molecule has 3 saturated carbocycles. The molecule has 0 unspecified atom stereocenters. The zero-order chi connectivity index (χ0) is 19.9. The first kappa shape index (κ1) is 20.7. The maximum Gasteiger partial charge on any atom is 0.222 e. The molecule has 3 nitrogen and oxygen atoms in total. The number of likely N-dealkylation sites (tertiary alicyclic amines) is 1. The van der Waals surface area contributed by atoms with E-state index >= 15 is 0 Å². The number of nitrogens with zero attached hydrogens (tertiary/aromatic N) is 1. The third kappa shape index (κ3) is 3.24. The van der Waals surface area contributed by atoms with E-state index in [1.165, 1.54) is 70.8 Å². The molecule has 0 radical (unpaired) electrons. The molecule has 0 spiro atoms. The Morgan fingerprint density at radius 1 is 0.964 bits per heavy atom. The molecule has 3 aliphatic carbocycles. The Morgan fingerprint density at radius 3 is 2.54 bits per heavy atom. The van der Waals surface area contributed by atoms with Crippen LogP contribution >= 0.6 is 0 Å². The second-order valence-corrected chi connectivity index (χ2v) is 11.2. The lowest BCUT2D eigenvalue weighted by Gasteiger charge is -2.61. The number of carbonyl (C=O) groups is 1. The molecule has 1 saturated heterocycles. The van der Waals surface area contributed by atoms with Crippen LogP contribution in [0.2, 0.25) is 0 Å². The van der Waals surface area contributed by atoms with E-state index in [0.717, 1.165) is 36.6 Å². The van der Waals surface area contributed by atoms with Gasteiger partial charge in [0.2, 0.25) is 5.91 Å². The van der Waals surface area contributed by atoms with E-state index in [0.29, 0.717) is 22.8 Å². The van der Waals surface area contributed by atoms with Gasteiger partial charge in [-0.1, -0.05) is 40.0 Å². The second kappa shape index (κ2) is 7.93.